The Morgan fingerprint density at radius 3 is 2.56 bits per heavy atom. The van der Waals surface area contributed by atoms with Crippen molar-refractivity contribution in [1.82, 2.24) is 0 Å². The standard InChI is InChI=1S/C12H12FNO2/c13-11-3-1-2-4-12(11)15-8-10-6-5-9(7-14)16-10/h1-6H,7-8,14H2. The van der Waals surface area contributed by atoms with Crippen LogP contribution < -0.4 is 10.5 Å². The molecule has 0 unspecified atom stereocenters. The first-order valence-electron chi connectivity index (χ1n) is 4.94. The maximum absolute atomic E-state index is 13.2. The molecule has 0 aliphatic rings. The third-order valence-electron chi connectivity index (χ3n) is 2.13. The van der Waals surface area contributed by atoms with Gasteiger partial charge in [-0.3, -0.25) is 0 Å². The van der Waals surface area contributed by atoms with Crippen LogP contribution >= 0.6 is 0 Å². The Morgan fingerprint density at radius 1 is 1.12 bits per heavy atom. The second kappa shape index (κ2) is 4.81. The molecule has 0 radical (unpaired) electrons. The van der Waals surface area contributed by atoms with Crippen LogP contribution in [0.25, 0.3) is 0 Å². The molecular formula is C12H12FNO2. The second-order valence-corrected chi connectivity index (χ2v) is 3.29. The summed E-state index contributed by atoms with van der Waals surface area (Å²) in [6.45, 7) is 0.542. The first-order chi connectivity index (χ1) is 7.79. The molecule has 1 heterocycles. The van der Waals surface area contributed by atoms with Gasteiger partial charge in [0.1, 0.15) is 18.1 Å². The van der Waals surface area contributed by atoms with Gasteiger partial charge in [0.25, 0.3) is 0 Å². The molecule has 0 amide bonds. The summed E-state index contributed by atoms with van der Waals surface area (Å²) in [6.07, 6.45) is 0. The van der Waals surface area contributed by atoms with Crippen molar-refractivity contribution in [3.63, 3.8) is 0 Å². The molecule has 0 atom stereocenters. The third-order valence-corrected chi connectivity index (χ3v) is 2.13. The Hall–Kier alpha value is -1.81. The van der Waals surface area contributed by atoms with E-state index >= 15 is 0 Å². The van der Waals surface area contributed by atoms with E-state index in [2.05, 4.69) is 0 Å². The van der Waals surface area contributed by atoms with E-state index in [9.17, 15) is 4.39 Å². The average Bonchev–Trinajstić information content (AvgIpc) is 2.76. The van der Waals surface area contributed by atoms with E-state index in [0.29, 0.717) is 18.1 Å². The highest BCUT2D eigenvalue weighted by molar-refractivity contribution is 5.23. The Bertz CT molecular complexity index is 468. The van der Waals surface area contributed by atoms with Crippen LogP contribution in [0.2, 0.25) is 0 Å². The zero-order valence-corrected chi connectivity index (χ0v) is 8.65. The number of hydrogen-bond donors (Lipinski definition) is 1. The van der Waals surface area contributed by atoms with Crippen LogP contribution in [0.1, 0.15) is 11.5 Å². The number of furan rings is 1. The van der Waals surface area contributed by atoms with Gasteiger partial charge in [0.15, 0.2) is 11.6 Å². The maximum atomic E-state index is 13.2. The van der Waals surface area contributed by atoms with Crippen molar-refractivity contribution in [1.29, 1.82) is 0 Å². The average molecular weight is 221 g/mol. The van der Waals surface area contributed by atoms with Crippen LogP contribution in [-0.2, 0) is 13.2 Å². The lowest BCUT2D eigenvalue weighted by molar-refractivity contribution is 0.255. The Morgan fingerprint density at radius 2 is 1.88 bits per heavy atom. The first-order valence-corrected chi connectivity index (χ1v) is 4.94. The lowest BCUT2D eigenvalue weighted by atomic mass is 10.3. The molecule has 0 bridgehead atoms. The summed E-state index contributed by atoms with van der Waals surface area (Å²) >= 11 is 0. The predicted octanol–water partition coefficient (Wildman–Crippen LogP) is 2.46. The van der Waals surface area contributed by atoms with Crippen molar-refractivity contribution in [2.24, 2.45) is 5.73 Å². The number of halogens is 1. The van der Waals surface area contributed by atoms with E-state index in [-0.39, 0.29) is 18.2 Å². The molecule has 3 nitrogen and oxygen atoms in total. The zero-order valence-electron chi connectivity index (χ0n) is 8.65. The minimum absolute atomic E-state index is 0.195. The van der Waals surface area contributed by atoms with E-state index in [0.717, 1.165) is 0 Å². The van der Waals surface area contributed by atoms with Crippen molar-refractivity contribution in [2.75, 3.05) is 0 Å². The molecule has 16 heavy (non-hydrogen) atoms. The van der Waals surface area contributed by atoms with Crippen LogP contribution in [0.15, 0.2) is 40.8 Å². The molecule has 1 aromatic heterocycles. The maximum Gasteiger partial charge on any atom is 0.165 e. The summed E-state index contributed by atoms with van der Waals surface area (Å²) in [4.78, 5) is 0. The number of nitrogens with two attached hydrogens (primary N) is 1. The topological polar surface area (TPSA) is 48.4 Å². The highest BCUT2D eigenvalue weighted by Crippen LogP contribution is 2.17. The van der Waals surface area contributed by atoms with Gasteiger partial charge >= 0.3 is 0 Å². The van der Waals surface area contributed by atoms with Crippen LogP contribution in [-0.4, -0.2) is 0 Å². The highest BCUT2D eigenvalue weighted by Gasteiger charge is 2.04. The lowest BCUT2D eigenvalue weighted by Crippen LogP contribution is -1.96. The summed E-state index contributed by atoms with van der Waals surface area (Å²) in [5.41, 5.74) is 5.40. The summed E-state index contributed by atoms with van der Waals surface area (Å²) in [5, 5.41) is 0. The van der Waals surface area contributed by atoms with E-state index in [1.54, 1.807) is 30.3 Å². The molecule has 0 aliphatic carbocycles. The van der Waals surface area contributed by atoms with E-state index in [4.69, 9.17) is 14.9 Å². The number of hydrogen-bond acceptors (Lipinski definition) is 3. The first kappa shape index (κ1) is 10.7. The molecule has 2 rings (SSSR count). The van der Waals surface area contributed by atoms with Gasteiger partial charge in [-0.15, -0.1) is 0 Å². The van der Waals surface area contributed by atoms with Gasteiger partial charge in [0.2, 0.25) is 0 Å². The van der Waals surface area contributed by atoms with Gasteiger partial charge in [-0.1, -0.05) is 12.1 Å². The molecule has 0 spiro atoms. The number of para-hydroxylation sites is 1. The molecule has 0 aliphatic heterocycles. The second-order valence-electron chi connectivity index (χ2n) is 3.29. The molecule has 0 saturated carbocycles. The fourth-order valence-electron chi connectivity index (χ4n) is 1.32. The monoisotopic (exact) mass is 221 g/mol. The third kappa shape index (κ3) is 2.41. The van der Waals surface area contributed by atoms with Gasteiger partial charge in [-0.05, 0) is 24.3 Å². The molecule has 0 saturated heterocycles. The largest absolute Gasteiger partial charge is 0.483 e. The smallest absolute Gasteiger partial charge is 0.165 e. The summed E-state index contributed by atoms with van der Waals surface area (Å²) in [7, 11) is 0. The minimum atomic E-state index is -0.381. The van der Waals surface area contributed by atoms with E-state index < -0.39 is 0 Å². The molecule has 4 heteroatoms. The number of rotatable bonds is 4. The Kier molecular flexibility index (Phi) is 3.22. The fraction of sp³-hybridized carbons (Fsp3) is 0.167. The highest BCUT2D eigenvalue weighted by atomic mass is 19.1. The molecule has 2 aromatic rings. The number of benzene rings is 1. The van der Waals surface area contributed by atoms with Gasteiger partial charge in [-0.25, -0.2) is 4.39 Å². The summed E-state index contributed by atoms with van der Waals surface area (Å²) in [6, 6.07) is 9.79. The molecule has 2 N–H and O–H groups in total. The van der Waals surface area contributed by atoms with Crippen molar-refractivity contribution < 1.29 is 13.5 Å². The van der Waals surface area contributed by atoms with Crippen molar-refractivity contribution in [3.05, 3.63) is 53.7 Å². The van der Waals surface area contributed by atoms with Crippen LogP contribution in [0, 0.1) is 5.82 Å². The molecule has 0 fully saturated rings. The summed E-state index contributed by atoms with van der Waals surface area (Å²) in [5.74, 6) is 1.15. The van der Waals surface area contributed by atoms with Crippen LogP contribution in [0.3, 0.4) is 0 Å². The lowest BCUT2D eigenvalue weighted by Gasteiger charge is -2.04. The van der Waals surface area contributed by atoms with E-state index in [1.807, 2.05) is 0 Å². The normalized spacial score (nSPS) is 10.4. The van der Waals surface area contributed by atoms with Crippen molar-refractivity contribution in [3.8, 4) is 5.75 Å². The molecule has 1 aromatic carbocycles. The number of ether oxygens (including phenoxy) is 1. The van der Waals surface area contributed by atoms with Gasteiger partial charge in [-0.2, -0.15) is 0 Å². The van der Waals surface area contributed by atoms with Crippen molar-refractivity contribution >= 4 is 0 Å². The minimum Gasteiger partial charge on any atom is -0.483 e. The zero-order chi connectivity index (χ0) is 11.4. The Balaban J connectivity index is 1.99. The van der Waals surface area contributed by atoms with Gasteiger partial charge in [0.05, 0.1) is 6.54 Å². The summed E-state index contributed by atoms with van der Waals surface area (Å²) < 4.78 is 23.8. The fourth-order valence-corrected chi connectivity index (χ4v) is 1.32. The van der Waals surface area contributed by atoms with Crippen LogP contribution in [0.5, 0.6) is 5.75 Å². The Labute approximate surface area is 92.6 Å². The van der Waals surface area contributed by atoms with Gasteiger partial charge in [0, 0.05) is 0 Å². The van der Waals surface area contributed by atoms with Crippen LogP contribution in [0.4, 0.5) is 4.39 Å². The molecule has 84 valence electrons. The van der Waals surface area contributed by atoms with E-state index in [1.165, 1.54) is 6.07 Å². The predicted molar refractivity (Wildman–Crippen MR) is 57.3 cm³/mol. The van der Waals surface area contributed by atoms with Crippen molar-refractivity contribution in [2.45, 2.75) is 13.2 Å². The van der Waals surface area contributed by atoms with Gasteiger partial charge < -0.3 is 14.9 Å². The molecular weight excluding hydrogens is 209 g/mol. The SMILES string of the molecule is NCc1ccc(COc2ccccc2F)o1. The quantitative estimate of drug-likeness (QED) is 0.862.